The van der Waals surface area contributed by atoms with Crippen LogP contribution in [-0.2, 0) is 21.5 Å². The number of aromatic nitrogens is 2. The Morgan fingerprint density at radius 3 is 3.18 bits per heavy atom. The van der Waals surface area contributed by atoms with Crippen LogP contribution in [0.25, 0.3) is 0 Å². The largest absolute Gasteiger partial charge is 0.469 e. The summed E-state index contributed by atoms with van der Waals surface area (Å²) >= 11 is 0. The summed E-state index contributed by atoms with van der Waals surface area (Å²) < 4.78 is 6.71. The first-order chi connectivity index (χ1) is 8.15. The monoisotopic (exact) mass is 237 g/mol. The fourth-order valence-electron chi connectivity index (χ4n) is 2.35. The number of nitrogens with zero attached hydrogens (tertiary/aromatic N) is 2. The quantitative estimate of drug-likeness (QED) is 0.783. The van der Waals surface area contributed by atoms with Gasteiger partial charge in [-0.05, 0) is 13.0 Å². The summed E-state index contributed by atoms with van der Waals surface area (Å²) in [6.45, 7) is 4.88. The van der Waals surface area contributed by atoms with Gasteiger partial charge < -0.3 is 14.6 Å². The Balaban J connectivity index is 2.08. The van der Waals surface area contributed by atoms with Crippen LogP contribution >= 0.6 is 0 Å². The topological polar surface area (TPSA) is 56.2 Å². The minimum atomic E-state index is -0.181. The van der Waals surface area contributed by atoms with E-state index < -0.39 is 0 Å². The molecular formula is C12H19N3O2. The van der Waals surface area contributed by atoms with Gasteiger partial charge in [0, 0.05) is 30.4 Å². The minimum absolute atomic E-state index is 0.132. The Bertz CT molecular complexity index is 394. The second-order valence-electron chi connectivity index (χ2n) is 4.79. The van der Waals surface area contributed by atoms with Crippen molar-refractivity contribution >= 4 is 5.97 Å². The van der Waals surface area contributed by atoms with Crippen LogP contribution in [0.4, 0.5) is 0 Å². The number of carbonyl (C=O) groups excluding carboxylic acids is 1. The first kappa shape index (κ1) is 12.1. The van der Waals surface area contributed by atoms with Gasteiger partial charge in [0.1, 0.15) is 0 Å². The van der Waals surface area contributed by atoms with Gasteiger partial charge in [0.15, 0.2) is 0 Å². The number of aryl methyl sites for hydroxylation is 1. The lowest BCUT2D eigenvalue weighted by Crippen LogP contribution is -2.28. The number of hydrogen-bond donors (Lipinski definition) is 1. The van der Waals surface area contributed by atoms with Gasteiger partial charge >= 0.3 is 5.97 Å². The molecule has 0 amide bonds. The molecule has 0 bridgehead atoms. The van der Waals surface area contributed by atoms with Gasteiger partial charge in [-0.25, -0.2) is 4.98 Å². The summed E-state index contributed by atoms with van der Waals surface area (Å²) in [5, 5.41) is 3.37. The molecule has 5 heteroatoms. The van der Waals surface area contributed by atoms with Crippen LogP contribution in [0.3, 0.4) is 0 Å². The molecule has 1 aliphatic rings. The molecule has 1 N–H and O–H groups in total. The summed E-state index contributed by atoms with van der Waals surface area (Å²) in [7, 11) is 1.42. The zero-order valence-electron chi connectivity index (χ0n) is 10.4. The van der Waals surface area contributed by atoms with Crippen LogP contribution < -0.4 is 5.32 Å². The molecule has 94 valence electrons. The fraction of sp³-hybridized carbons (Fsp3) is 0.667. The predicted molar refractivity (Wildman–Crippen MR) is 63.7 cm³/mol. The van der Waals surface area contributed by atoms with Crippen molar-refractivity contribution in [3.8, 4) is 0 Å². The number of rotatable bonds is 4. The van der Waals surface area contributed by atoms with Crippen molar-refractivity contribution < 1.29 is 9.53 Å². The van der Waals surface area contributed by atoms with Crippen molar-refractivity contribution in [1.82, 2.24) is 14.9 Å². The number of hydrogen-bond acceptors (Lipinski definition) is 4. The lowest BCUT2D eigenvalue weighted by molar-refractivity contribution is -0.140. The highest BCUT2D eigenvalue weighted by molar-refractivity contribution is 5.69. The number of esters is 1. The normalized spacial score (nSPS) is 23.9. The number of methoxy groups -OCH3 is 1. The van der Waals surface area contributed by atoms with Crippen molar-refractivity contribution in [3.63, 3.8) is 0 Å². The molecule has 1 fully saturated rings. The Morgan fingerprint density at radius 1 is 1.71 bits per heavy atom. The standard InChI is InChI=1S/C12H19N3O2/c1-12(4-5-13-8-12)10-7-14-9-15(10)6-3-11(16)17-2/h7,9,13H,3-6,8H2,1-2H3. The third-order valence-electron chi connectivity index (χ3n) is 3.48. The second kappa shape index (κ2) is 4.87. The molecule has 0 radical (unpaired) electrons. The van der Waals surface area contributed by atoms with Gasteiger partial charge in [-0.2, -0.15) is 0 Å². The molecule has 1 saturated heterocycles. The van der Waals surface area contributed by atoms with Crippen LogP contribution in [-0.4, -0.2) is 35.7 Å². The maximum atomic E-state index is 11.2. The molecule has 17 heavy (non-hydrogen) atoms. The van der Waals surface area contributed by atoms with Crippen LogP contribution in [0.15, 0.2) is 12.5 Å². The zero-order valence-corrected chi connectivity index (χ0v) is 10.4. The average molecular weight is 237 g/mol. The van der Waals surface area contributed by atoms with Gasteiger partial charge in [0.2, 0.25) is 0 Å². The summed E-state index contributed by atoms with van der Waals surface area (Å²) in [5.74, 6) is -0.181. The van der Waals surface area contributed by atoms with E-state index in [0.717, 1.165) is 19.5 Å². The minimum Gasteiger partial charge on any atom is -0.469 e. The molecule has 1 aromatic heterocycles. The van der Waals surface area contributed by atoms with Crippen molar-refractivity contribution in [2.75, 3.05) is 20.2 Å². The SMILES string of the molecule is COC(=O)CCn1cncc1C1(C)CCNC1. The molecule has 0 aliphatic carbocycles. The summed E-state index contributed by atoms with van der Waals surface area (Å²) in [6, 6.07) is 0. The van der Waals surface area contributed by atoms with E-state index in [2.05, 4.69) is 26.5 Å². The van der Waals surface area contributed by atoms with Crippen molar-refractivity contribution in [2.45, 2.75) is 31.7 Å². The van der Waals surface area contributed by atoms with Crippen molar-refractivity contribution in [2.24, 2.45) is 0 Å². The summed E-state index contributed by atoms with van der Waals surface area (Å²) in [4.78, 5) is 15.3. The first-order valence-electron chi connectivity index (χ1n) is 5.94. The second-order valence-corrected chi connectivity index (χ2v) is 4.79. The Kier molecular flexibility index (Phi) is 3.47. The van der Waals surface area contributed by atoms with Crippen LogP contribution in [0, 0.1) is 0 Å². The van der Waals surface area contributed by atoms with E-state index in [1.165, 1.54) is 12.8 Å². The van der Waals surface area contributed by atoms with Crippen LogP contribution in [0.5, 0.6) is 0 Å². The zero-order chi connectivity index (χ0) is 12.3. The molecule has 2 rings (SSSR count). The smallest absolute Gasteiger partial charge is 0.307 e. The summed E-state index contributed by atoms with van der Waals surface area (Å²) in [6.07, 6.45) is 5.20. The number of ether oxygens (including phenoxy) is 1. The highest BCUT2D eigenvalue weighted by Gasteiger charge is 2.33. The van der Waals surface area contributed by atoms with E-state index in [-0.39, 0.29) is 11.4 Å². The van der Waals surface area contributed by atoms with Gasteiger partial charge in [-0.1, -0.05) is 6.92 Å². The Labute approximate surface area is 101 Å². The predicted octanol–water partition coefficient (Wildman–Crippen LogP) is 0.697. The molecule has 2 heterocycles. The maximum Gasteiger partial charge on any atom is 0.307 e. The average Bonchev–Trinajstić information content (AvgIpc) is 2.95. The van der Waals surface area contributed by atoms with E-state index in [4.69, 9.17) is 0 Å². The molecule has 1 unspecified atom stereocenters. The molecule has 1 aromatic rings. The molecule has 0 saturated carbocycles. The highest BCUT2D eigenvalue weighted by atomic mass is 16.5. The van der Waals surface area contributed by atoms with Crippen molar-refractivity contribution in [3.05, 3.63) is 18.2 Å². The lowest BCUT2D eigenvalue weighted by atomic mass is 9.86. The molecule has 5 nitrogen and oxygen atoms in total. The number of nitrogens with one attached hydrogen (secondary N) is 1. The number of carbonyl (C=O) groups is 1. The van der Waals surface area contributed by atoms with E-state index in [1.54, 1.807) is 6.33 Å². The van der Waals surface area contributed by atoms with E-state index in [9.17, 15) is 4.79 Å². The molecule has 1 aliphatic heterocycles. The summed E-state index contributed by atoms with van der Waals surface area (Å²) in [5.41, 5.74) is 1.33. The third-order valence-corrected chi connectivity index (χ3v) is 3.48. The maximum absolute atomic E-state index is 11.2. The van der Waals surface area contributed by atoms with Gasteiger partial charge in [0.25, 0.3) is 0 Å². The van der Waals surface area contributed by atoms with Gasteiger partial charge in [-0.15, -0.1) is 0 Å². The lowest BCUT2D eigenvalue weighted by Gasteiger charge is -2.24. The van der Waals surface area contributed by atoms with Crippen LogP contribution in [0.1, 0.15) is 25.5 Å². The third kappa shape index (κ3) is 2.49. The van der Waals surface area contributed by atoms with Gasteiger partial charge in [0.05, 0.1) is 19.9 Å². The van der Waals surface area contributed by atoms with Crippen molar-refractivity contribution in [1.29, 1.82) is 0 Å². The highest BCUT2D eigenvalue weighted by Crippen LogP contribution is 2.29. The van der Waals surface area contributed by atoms with Gasteiger partial charge in [-0.3, -0.25) is 4.79 Å². The molecule has 0 spiro atoms. The van der Waals surface area contributed by atoms with E-state index >= 15 is 0 Å². The van der Waals surface area contributed by atoms with E-state index in [1.807, 2.05) is 6.20 Å². The molecular weight excluding hydrogens is 218 g/mol. The van der Waals surface area contributed by atoms with E-state index in [0.29, 0.717) is 13.0 Å². The Morgan fingerprint density at radius 2 is 2.53 bits per heavy atom. The number of imidazole rings is 1. The first-order valence-corrected chi connectivity index (χ1v) is 5.94. The molecule has 1 atom stereocenters. The Hall–Kier alpha value is -1.36. The fourth-order valence-corrected chi connectivity index (χ4v) is 2.35. The molecule has 0 aromatic carbocycles. The van der Waals surface area contributed by atoms with Crippen LogP contribution in [0.2, 0.25) is 0 Å².